The first kappa shape index (κ1) is 17.4. The summed E-state index contributed by atoms with van der Waals surface area (Å²) < 4.78 is 52.8. The fraction of sp³-hybridized carbons (Fsp3) is 0.400. The third-order valence-corrected chi connectivity index (χ3v) is 5.61. The fourth-order valence-electron chi connectivity index (χ4n) is 2.45. The highest BCUT2D eigenvalue weighted by Gasteiger charge is 2.33. The van der Waals surface area contributed by atoms with Crippen LogP contribution in [0.5, 0.6) is 0 Å². The first-order valence-electron chi connectivity index (χ1n) is 7.02. The number of benzene rings is 1. The lowest BCUT2D eigenvalue weighted by Gasteiger charge is -2.30. The number of halogens is 2. The molecule has 1 aliphatic heterocycles. The van der Waals surface area contributed by atoms with Gasteiger partial charge in [-0.3, -0.25) is 4.79 Å². The lowest BCUT2D eigenvalue weighted by molar-refractivity contribution is -0.125. The number of carbonyl (C=O) groups excluding carboxylic acids is 1. The zero-order valence-electron chi connectivity index (χ0n) is 12.3. The summed E-state index contributed by atoms with van der Waals surface area (Å²) in [6, 6.07) is 2.30. The lowest BCUT2D eigenvalue weighted by atomic mass is 9.97. The Hall–Kier alpha value is -1.98. The van der Waals surface area contributed by atoms with E-state index in [1.54, 1.807) is 0 Å². The quantitative estimate of drug-likeness (QED) is 0.834. The third-order valence-electron chi connectivity index (χ3n) is 3.70. The van der Waals surface area contributed by atoms with E-state index in [9.17, 15) is 22.0 Å². The normalized spacial score (nSPS) is 16.7. The molecular weight excluding hydrogens is 326 g/mol. The molecule has 2 rings (SSSR count). The fourth-order valence-corrected chi connectivity index (χ4v) is 4.00. The number of sulfonamides is 1. The van der Waals surface area contributed by atoms with Crippen LogP contribution in [-0.2, 0) is 14.8 Å². The monoisotopic (exact) mass is 342 g/mol. The standard InChI is InChI=1S/C15H16F2N2O3S/c1-2-7-18-15(20)11-5-8-19(9-6-11)23(21,22)14-10-12(16)3-4-13(14)17/h1,3-4,10-11H,5-9H2,(H,18,20). The predicted molar refractivity (Wildman–Crippen MR) is 79.7 cm³/mol. The van der Waals surface area contributed by atoms with Gasteiger partial charge in [0.05, 0.1) is 6.54 Å². The van der Waals surface area contributed by atoms with Crippen molar-refractivity contribution in [2.45, 2.75) is 17.7 Å². The van der Waals surface area contributed by atoms with E-state index >= 15 is 0 Å². The lowest BCUT2D eigenvalue weighted by Crippen LogP contribution is -2.43. The van der Waals surface area contributed by atoms with Gasteiger partial charge in [-0.05, 0) is 31.0 Å². The van der Waals surface area contributed by atoms with Crippen LogP contribution >= 0.6 is 0 Å². The summed E-state index contributed by atoms with van der Waals surface area (Å²) in [4.78, 5) is 11.1. The molecule has 1 aromatic carbocycles. The van der Waals surface area contributed by atoms with Gasteiger partial charge in [0.15, 0.2) is 0 Å². The molecule has 1 heterocycles. The molecule has 0 spiro atoms. The van der Waals surface area contributed by atoms with Crippen molar-refractivity contribution >= 4 is 15.9 Å². The summed E-state index contributed by atoms with van der Waals surface area (Å²) in [5.74, 6) is -0.103. The van der Waals surface area contributed by atoms with Gasteiger partial charge < -0.3 is 5.32 Å². The summed E-state index contributed by atoms with van der Waals surface area (Å²) in [6.45, 7) is 0.241. The number of carbonyl (C=O) groups is 1. The number of hydrogen-bond donors (Lipinski definition) is 1. The van der Waals surface area contributed by atoms with E-state index < -0.39 is 26.6 Å². The predicted octanol–water partition coefficient (Wildman–Crippen LogP) is 1.11. The highest BCUT2D eigenvalue weighted by Crippen LogP contribution is 2.26. The number of nitrogens with one attached hydrogen (secondary N) is 1. The Morgan fingerprint density at radius 1 is 1.35 bits per heavy atom. The zero-order chi connectivity index (χ0) is 17.0. The second-order valence-corrected chi connectivity index (χ2v) is 7.08. The average Bonchev–Trinajstić information content (AvgIpc) is 2.54. The molecule has 1 saturated heterocycles. The molecule has 0 radical (unpaired) electrons. The smallest absolute Gasteiger partial charge is 0.246 e. The highest BCUT2D eigenvalue weighted by atomic mass is 32.2. The number of amides is 1. The zero-order valence-corrected chi connectivity index (χ0v) is 13.1. The molecule has 1 aliphatic rings. The van der Waals surface area contributed by atoms with Crippen LogP contribution in [0.2, 0.25) is 0 Å². The first-order valence-corrected chi connectivity index (χ1v) is 8.46. The SMILES string of the molecule is C#CCNC(=O)C1CCN(S(=O)(=O)c2cc(F)ccc2F)CC1. The van der Waals surface area contributed by atoms with Crippen LogP contribution in [0.25, 0.3) is 0 Å². The molecule has 1 aromatic rings. The van der Waals surface area contributed by atoms with Crippen molar-refractivity contribution in [2.24, 2.45) is 5.92 Å². The van der Waals surface area contributed by atoms with Gasteiger partial charge in [0, 0.05) is 19.0 Å². The number of nitrogens with zero attached hydrogens (tertiary/aromatic N) is 1. The van der Waals surface area contributed by atoms with Crippen LogP contribution in [0.4, 0.5) is 8.78 Å². The van der Waals surface area contributed by atoms with Crippen LogP contribution in [0.15, 0.2) is 23.1 Å². The largest absolute Gasteiger partial charge is 0.345 e. The van der Waals surface area contributed by atoms with Crippen LogP contribution in [0.1, 0.15) is 12.8 Å². The van der Waals surface area contributed by atoms with Crippen LogP contribution in [0, 0.1) is 29.9 Å². The molecule has 0 unspecified atom stereocenters. The van der Waals surface area contributed by atoms with E-state index in [-0.39, 0.29) is 31.5 Å². The Labute approximate surface area is 133 Å². The van der Waals surface area contributed by atoms with Gasteiger partial charge in [-0.15, -0.1) is 6.42 Å². The maximum atomic E-state index is 13.7. The van der Waals surface area contributed by atoms with Crippen LogP contribution < -0.4 is 5.32 Å². The molecule has 0 atom stereocenters. The Kier molecular flexibility index (Phi) is 5.34. The first-order chi connectivity index (χ1) is 10.9. The summed E-state index contributed by atoms with van der Waals surface area (Å²) in [7, 11) is -4.13. The minimum atomic E-state index is -4.13. The summed E-state index contributed by atoms with van der Waals surface area (Å²) >= 11 is 0. The van der Waals surface area contributed by atoms with E-state index in [1.165, 1.54) is 0 Å². The average molecular weight is 342 g/mol. The van der Waals surface area contributed by atoms with E-state index in [0.717, 1.165) is 16.4 Å². The molecule has 23 heavy (non-hydrogen) atoms. The van der Waals surface area contributed by atoms with Gasteiger partial charge in [-0.2, -0.15) is 4.31 Å². The van der Waals surface area contributed by atoms with Gasteiger partial charge in [0.2, 0.25) is 15.9 Å². The van der Waals surface area contributed by atoms with Crippen LogP contribution in [-0.4, -0.2) is 38.3 Å². The summed E-state index contributed by atoms with van der Waals surface area (Å²) in [6.07, 6.45) is 5.65. The van der Waals surface area contributed by atoms with Gasteiger partial charge in [-0.25, -0.2) is 17.2 Å². The maximum Gasteiger partial charge on any atom is 0.246 e. The third kappa shape index (κ3) is 3.86. The van der Waals surface area contributed by atoms with Gasteiger partial charge in [0.25, 0.3) is 0 Å². The number of terminal acetylenes is 1. The molecular formula is C15H16F2N2O3S. The molecule has 0 bridgehead atoms. The minimum absolute atomic E-state index is 0.0619. The topological polar surface area (TPSA) is 66.5 Å². The van der Waals surface area contributed by atoms with Gasteiger partial charge in [-0.1, -0.05) is 5.92 Å². The number of rotatable bonds is 4. The Morgan fingerprint density at radius 2 is 2.00 bits per heavy atom. The van der Waals surface area contributed by atoms with Crippen molar-refractivity contribution < 1.29 is 22.0 Å². The van der Waals surface area contributed by atoms with Crippen molar-refractivity contribution in [3.63, 3.8) is 0 Å². The van der Waals surface area contributed by atoms with Gasteiger partial charge >= 0.3 is 0 Å². The van der Waals surface area contributed by atoms with Crippen molar-refractivity contribution in [1.29, 1.82) is 0 Å². The Bertz CT molecular complexity index is 736. The van der Waals surface area contributed by atoms with Gasteiger partial charge in [0.1, 0.15) is 16.5 Å². The van der Waals surface area contributed by atoms with Crippen molar-refractivity contribution in [1.82, 2.24) is 9.62 Å². The molecule has 1 amide bonds. The molecule has 1 fully saturated rings. The van der Waals surface area contributed by atoms with Crippen LogP contribution in [0.3, 0.4) is 0 Å². The molecule has 8 heteroatoms. The Balaban J connectivity index is 2.08. The molecule has 1 N–H and O–H groups in total. The van der Waals surface area contributed by atoms with Crippen molar-refractivity contribution in [3.05, 3.63) is 29.8 Å². The van der Waals surface area contributed by atoms with E-state index in [0.29, 0.717) is 18.9 Å². The summed E-state index contributed by atoms with van der Waals surface area (Å²) in [5, 5.41) is 2.55. The second kappa shape index (κ2) is 7.06. The minimum Gasteiger partial charge on any atom is -0.345 e. The second-order valence-electron chi connectivity index (χ2n) is 5.18. The molecule has 0 aliphatic carbocycles. The maximum absolute atomic E-state index is 13.7. The van der Waals surface area contributed by atoms with E-state index in [2.05, 4.69) is 11.2 Å². The summed E-state index contributed by atoms with van der Waals surface area (Å²) in [5.41, 5.74) is 0. The number of hydrogen-bond acceptors (Lipinski definition) is 3. The molecule has 0 aromatic heterocycles. The molecule has 0 saturated carbocycles. The number of piperidine rings is 1. The molecule has 124 valence electrons. The van der Waals surface area contributed by atoms with E-state index in [1.807, 2.05) is 0 Å². The van der Waals surface area contributed by atoms with Crippen molar-refractivity contribution in [3.8, 4) is 12.3 Å². The highest BCUT2D eigenvalue weighted by molar-refractivity contribution is 7.89. The Morgan fingerprint density at radius 3 is 2.61 bits per heavy atom. The van der Waals surface area contributed by atoms with Crippen molar-refractivity contribution in [2.75, 3.05) is 19.6 Å². The van der Waals surface area contributed by atoms with E-state index in [4.69, 9.17) is 6.42 Å². The molecule has 5 nitrogen and oxygen atoms in total.